The van der Waals surface area contributed by atoms with Crippen molar-refractivity contribution in [2.45, 2.75) is 43.8 Å². The Labute approximate surface area is 204 Å². The van der Waals surface area contributed by atoms with E-state index in [1.807, 2.05) is 42.5 Å². The Morgan fingerprint density at radius 3 is 2.33 bits per heavy atom. The number of nitrogens with zero attached hydrogens (tertiary/aromatic N) is 1. The van der Waals surface area contributed by atoms with Gasteiger partial charge in [0, 0.05) is 28.7 Å². The fraction of sp³-hybridized carbons (Fsp3) is 0.370. The summed E-state index contributed by atoms with van der Waals surface area (Å²) in [7, 11) is 0. The Bertz CT molecular complexity index is 1060. The quantitative estimate of drug-likeness (QED) is 0.508. The molecule has 2 aromatic rings. The largest absolute Gasteiger partial charge is 0.355 e. The van der Waals surface area contributed by atoms with E-state index in [1.54, 1.807) is 6.08 Å². The number of amides is 1. The molecule has 5 rings (SSSR count). The first-order valence-corrected chi connectivity index (χ1v) is 12.4. The fourth-order valence-electron chi connectivity index (χ4n) is 5.75. The van der Waals surface area contributed by atoms with Gasteiger partial charge in [0.2, 0.25) is 5.91 Å². The Kier molecular flexibility index (Phi) is 6.60. The van der Waals surface area contributed by atoms with Crippen molar-refractivity contribution in [3.05, 3.63) is 93.8 Å². The molecule has 172 valence electrons. The van der Waals surface area contributed by atoms with Crippen molar-refractivity contribution in [3.8, 4) is 0 Å². The average molecular weight is 485 g/mol. The zero-order valence-electron chi connectivity index (χ0n) is 18.3. The van der Waals surface area contributed by atoms with Gasteiger partial charge in [0.25, 0.3) is 0 Å². The lowest BCUT2D eigenvalue weighted by Gasteiger charge is -2.34. The topological polar surface area (TPSA) is 32.3 Å². The molecule has 1 amide bonds. The van der Waals surface area contributed by atoms with Crippen LogP contribution in [0.3, 0.4) is 0 Å². The minimum Gasteiger partial charge on any atom is -0.355 e. The highest BCUT2D eigenvalue weighted by molar-refractivity contribution is 6.32. The van der Waals surface area contributed by atoms with Gasteiger partial charge < -0.3 is 5.32 Å². The molecule has 1 aliphatic carbocycles. The smallest absolute Gasteiger partial charge is 0.224 e. The third-order valence-electron chi connectivity index (χ3n) is 7.31. The molecule has 2 aliphatic heterocycles. The second kappa shape index (κ2) is 9.61. The van der Waals surface area contributed by atoms with E-state index < -0.39 is 0 Å². The number of allylic oxidation sites excluding steroid dienone is 3. The molecule has 6 heteroatoms. The molecule has 1 N–H and O–H groups in total. The van der Waals surface area contributed by atoms with Crippen molar-refractivity contribution in [2.75, 3.05) is 6.54 Å². The fourth-order valence-corrected chi connectivity index (χ4v) is 6.23. The zero-order valence-corrected chi connectivity index (χ0v) is 19.8. The molecule has 2 aromatic carbocycles. The lowest BCUT2D eigenvalue weighted by molar-refractivity contribution is -0.126. The molecular weight excluding hydrogens is 458 g/mol. The molecule has 0 radical (unpaired) electrons. The van der Waals surface area contributed by atoms with Crippen molar-refractivity contribution in [3.63, 3.8) is 0 Å². The minimum absolute atomic E-state index is 0.0731. The van der Waals surface area contributed by atoms with E-state index in [9.17, 15) is 9.18 Å². The second-order valence-electron chi connectivity index (χ2n) is 9.22. The molecule has 33 heavy (non-hydrogen) atoms. The molecule has 4 unspecified atom stereocenters. The van der Waals surface area contributed by atoms with Gasteiger partial charge in [0.1, 0.15) is 5.83 Å². The molecule has 2 bridgehead atoms. The van der Waals surface area contributed by atoms with Crippen LogP contribution in [0, 0.1) is 11.8 Å². The average Bonchev–Trinajstić information content (AvgIpc) is 3.39. The van der Waals surface area contributed by atoms with Gasteiger partial charge in [0.05, 0.1) is 12.0 Å². The minimum atomic E-state index is -0.202. The van der Waals surface area contributed by atoms with E-state index >= 15 is 0 Å². The number of hydrogen-bond acceptors (Lipinski definition) is 2. The van der Waals surface area contributed by atoms with E-state index in [2.05, 4.69) is 22.3 Å². The Morgan fingerprint density at radius 2 is 1.73 bits per heavy atom. The predicted molar refractivity (Wildman–Crippen MR) is 131 cm³/mol. The van der Waals surface area contributed by atoms with Gasteiger partial charge in [-0.1, -0.05) is 65.7 Å². The Hall–Kier alpha value is -2.14. The molecule has 4 atom stereocenters. The van der Waals surface area contributed by atoms with Crippen LogP contribution < -0.4 is 5.32 Å². The molecular formula is C27H27Cl2FN2O. The van der Waals surface area contributed by atoms with Crippen LogP contribution in [0.2, 0.25) is 10.0 Å². The van der Waals surface area contributed by atoms with E-state index in [-0.39, 0.29) is 35.7 Å². The lowest BCUT2D eigenvalue weighted by Crippen LogP contribution is -2.41. The van der Waals surface area contributed by atoms with E-state index in [4.69, 9.17) is 23.2 Å². The SMILES string of the molecule is O=C(NCC1C=CC(F)=CC1)C1CC2CCC1N2C(c1ccccc1Cl)c1ccccc1Cl. The van der Waals surface area contributed by atoms with Crippen molar-refractivity contribution < 1.29 is 9.18 Å². The van der Waals surface area contributed by atoms with E-state index in [0.29, 0.717) is 29.1 Å². The number of fused-ring (bicyclic) bond motifs is 2. The summed E-state index contributed by atoms with van der Waals surface area (Å²) in [4.78, 5) is 15.7. The normalized spacial score (nSPS) is 26.6. The molecule has 0 saturated carbocycles. The summed E-state index contributed by atoms with van der Waals surface area (Å²) >= 11 is 13.3. The van der Waals surface area contributed by atoms with Gasteiger partial charge in [-0.15, -0.1) is 0 Å². The third-order valence-corrected chi connectivity index (χ3v) is 8.00. The van der Waals surface area contributed by atoms with Gasteiger partial charge in [-0.2, -0.15) is 0 Å². The zero-order chi connectivity index (χ0) is 22.9. The van der Waals surface area contributed by atoms with Crippen LogP contribution in [0.1, 0.15) is 42.9 Å². The number of benzene rings is 2. The molecule has 2 heterocycles. The van der Waals surface area contributed by atoms with Crippen LogP contribution in [0.4, 0.5) is 4.39 Å². The van der Waals surface area contributed by atoms with Crippen molar-refractivity contribution in [2.24, 2.45) is 11.8 Å². The number of nitrogens with one attached hydrogen (secondary N) is 1. The van der Waals surface area contributed by atoms with E-state index in [0.717, 1.165) is 30.4 Å². The molecule has 3 aliphatic rings. The summed E-state index contributed by atoms with van der Waals surface area (Å²) in [5, 5.41) is 4.55. The van der Waals surface area contributed by atoms with Gasteiger partial charge in [-0.05, 0) is 67.0 Å². The van der Waals surface area contributed by atoms with Crippen molar-refractivity contribution in [1.82, 2.24) is 10.2 Å². The monoisotopic (exact) mass is 484 g/mol. The van der Waals surface area contributed by atoms with Gasteiger partial charge in [-0.3, -0.25) is 9.69 Å². The van der Waals surface area contributed by atoms with Crippen LogP contribution >= 0.6 is 23.2 Å². The lowest BCUT2D eigenvalue weighted by atomic mass is 9.88. The van der Waals surface area contributed by atoms with Gasteiger partial charge in [0.15, 0.2) is 0 Å². The van der Waals surface area contributed by atoms with Crippen molar-refractivity contribution >= 4 is 29.1 Å². The molecule has 0 aromatic heterocycles. The number of rotatable bonds is 6. The summed E-state index contributed by atoms with van der Waals surface area (Å²) in [6, 6.07) is 16.2. The maximum Gasteiger partial charge on any atom is 0.224 e. The van der Waals surface area contributed by atoms with Crippen molar-refractivity contribution in [1.29, 1.82) is 0 Å². The summed E-state index contributed by atoms with van der Waals surface area (Å²) in [5.74, 6) is -0.0441. The number of carbonyl (C=O) groups excluding carboxylic acids is 1. The molecule has 2 fully saturated rings. The highest BCUT2D eigenvalue weighted by Crippen LogP contribution is 2.50. The number of halogens is 3. The number of hydrogen-bond donors (Lipinski definition) is 1. The molecule has 0 spiro atoms. The van der Waals surface area contributed by atoms with Crippen LogP contribution in [0.25, 0.3) is 0 Å². The maximum absolute atomic E-state index is 13.2. The van der Waals surface area contributed by atoms with Gasteiger partial charge >= 0.3 is 0 Å². The summed E-state index contributed by atoms with van der Waals surface area (Å²) < 4.78 is 13.2. The second-order valence-corrected chi connectivity index (χ2v) is 10.0. The standard InChI is InChI=1S/C27H27Cl2FN2O/c28-23-7-3-1-5-20(23)26(21-6-2-4-8-24(21)29)32-19-13-14-25(32)22(15-19)27(33)31-16-17-9-11-18(30)12-10-17/h1-9,11-12,17,19,22,25-26H,10,13-16H2,(H,31,33). The van der Waals surface area contributed by atoms with Crippen LogP contribution in [-0.2, 0) is 4.79 Å². The Morgan fingerprint density at radius 1 is 1.06 bits per heavy atom. The maximum atomic E-state index is 13.2. The molecule has 2 saturated heterocycles. The first kappa shape index (κ1) is 22.6. The predicted octanol–water partition coefficient (Wildman–Crippen LogP) is 6.48. The van der Waals surface area contributed by atoms with Crippen LogP contribution in [0.15, 0.2) is 72.6 Å². The highest BCUT2D eigenvalue weighted by Gasteiger charge is 2.52. The number of carbonyl (C=O) groups is 1. The highest BCUT2D eigenvalue weighted by atomic mass is 35.5. The van der Waals surface area contributed by atoms with Gasteiger partial charge in [-0.25, -0.2) is 4.39 Å². The summed E-state index contributed by atoms with van der Waals surface area (Å²) in [6.07, 6.45) is 8.39. The van der Waals surface area contributed by atoms with Crippen LogP contribution in [-0.4, -0.2) is 29.4 Å². The first-order chi connectivity index (χ1) is 16.0. The third kappa shape index (κ3) is 4.49. The Balaban J connectivity index is 1.39. The molecule has 3 nitrogen and oxygen atoms in total. The summed E-state index contributed by atoms with van der Waals surface area (Å²) in [6.45, 7) is 0.533. The first-order valence-electron chi connectivity index (χ1n) is 11.6. The summed E-state index contributed by atoms with van der Waals surface area (Å²) in [5.41, 5.74) is 2.04. The van der Waals surface area contributed by atoms with Crippen LogP contribution in [0.5, 0.6) is 0 Å². The van der Waals surface area contributed by atoms with E-state index in [1.165, 1.54) is 6.08 Å².